The first-order chi connectivity index (χ1) is 14.6. The highest BCUT2D eigenvalue weighted by Crippen LogP contribution is 2.21. The van der Waals surface area contributed by atoms with Crippen LogP contribution in [0.3, 0.4) is 0 Å². The molecule has 0 radical (unpaired) electrons. The molecular weight excluding hydrogens is 374 g/mol. The van der Waals surface area contributed by atoms with Gasteiger partial charge in [0.05, 0.1) is 12.2 Å². The minimum absolute atomic E-state index is 0.0670. The molecule has 1 heterocycles. The van der Waals surface area contributed by atoms with Gasteiger partial charge in [0, 0.05) is 13.0 Å². The maximum atomic E-state index is 11.1. The van der Waals surface area contributed by atoms with Crippen molar-refractivity contribution in [3.05, 3.63) is 24.6 Å². The molecule has 1 atom stereocenters. The fourth-order valence-electron chi connectivity index (χ4n) is 4.22. The standard InChI is InChI=1S/C25H45N3O2/c1-2-3-4-5-6-7-8-9-10-11-12-13-14-15-16-17-18-24-27-20-22-28(24,21-19-26)23-25(29)30/h3-4,20,22H,2,5-19,21,23,26H2,1H3/b4-3+. The monoisotopic (exact) mass is 419 g/mol. The third-order valence-corrected chi connectivity index (χ3v) is 5.95. The number of carboxylic acids is 1. The van der Waals surface area contributed by atoms with Crippen LogP contribution in [0.15, 0.2) is 29.5 Å². The molecule has 5 heteroatoms. The summed E-state index contributed by atoms with van der Waals surface area (Å²) in [5.41, 5.74) is 5.70. The zero-order valence-corrected chi connectivity index (χ0v) is 19.3. The van der Waals surface area contributed by atoms with Crippen LogP contribution in [0, 0.1) is 0 Å². The molecule has 0 aromatic carbocycles. The van der Waals surface area contributed by atoms with Crippen molar-refractivity contribution in [3.8, 4) is 0 Å². The van der Waals surface area contributed by atoms with Gasteiger partial charge in [-0.2, -0.15) is 0 Å². The van der Waals surface area contributed by atoms with Crippen molar-refractivity contribution >= 4 is 11.8 Å². The number of nitrogens with zero attached hydrogens (tertiary/aromatic N) is 2. The molecule has 1 rings (SSSR count). The minimum atomic E-state index is -1.05. The van der Waals surface area contributed by atoms with E-state index in [2.05, 4.69) is 24.1 Å². The van der Waals surface area contributed by atoms with Gasteiger partial charge in [-0.3, -0.25) is 0 Å². The number of hydrogen-bond donors (Lipinski definition) is 1. The van der Waals surface area contributed by atoms with Crippen LogP contribution in [0.1, 0.15) is 103 Å². The fraction of sp³-hybridized carbons (Fsp3) is 0.760. The topological polar surface area (TPSA) is 78.5 Å². The second-order valence-corrected chi connectivity index (χ2v) is 8.58. The molecule has 0 aromatic heterocycles. The maximum Gasteiger partial charge on any atom is 0.207 e. The van der Waals surface area contributed by atoms with Crippen molar-refractivity contribution < 1.29 is 14.4 Å². The quantitative estimate of drug-likeness (QED) is 0.174. The lowest BCUT2D eigenvalue weighted by Gasteiger charge is -2.32. The number of carbonyl (C=O) groups is 1. The Labute approximate surface area is 184 Å². The summed E-state index contributed by atoms with van der Waals surface area (Å²) in [6.07, 6.45) is 27.2. The van der Waals surface area contributed by atoms with Crippen molar-refractivity contribution in [1.29, 1.82) is 0 Å². The molecule has 1 aliphatic heterocycles. The summed E-state index contributed by atoms with van der Waals surface area (Å²) in [5, 5.41) is 11.1. The number of nitrogens with two attached hydrogens (primary N) is 1. The number of quaternary nitrogens is 1. The smallest absolute Gasteiger partial charge is 0.207 e. The molecule has 1 aliphatic rings. The van der Waals surface area contributed by atoms with E-state index in [0.29, 0.717) is 13.1 Å². The number of hydrogen-bond acceptors (Lipinski definition) is 4. The Morgan fingerprint density at radius 3 is 2.07 bits per heavy atom. The number of unbranched alkanes of at least 4 members (excludes halogenated alkanes) is 12. The van der Waals surface area contributed by atoms with Crippen LogP contribution >= 0.6 is 0 Å². The molecule has 0 aromatic rings. The lowest BCUT2D eigenvalue weighted by atomic mass is 10.0. The van der Waals surface area contributed by atoms with Crippen LogP contribution in [0.4, 0.5) is 0 Å². The highest BCUT2D eigenvalue weighted by molar-refractivity contribution is 5.80. The molecule has 0 aliphatic carbocycles. The van der Waals surface area contributed by atoms with Crippen LogP contribution in [0.25, 0.3) is 0 Å². The normalized spacial score (nSPS) is 18.4. The van der Waals surface area contributed by atoms with Crippen molar-refractivity contribution in [2.75, 3.05) is 19.6 Å². The van der Waals surface area contributed by atoms with Gasteiger partial charge in [-0.15, -0.1) is 0 Å². The average molecular weight is 420 g/mol. The molecule has 0 bridgehead atoms. The SMILES string of the molecule is CC/C=C/CCCCCCCCCCCCCCC1=NC=C[N+]1(CCN)CC(=O)[O-]. The van der Waals surface area contributed by atoms with Gasteiger partial charge >= 0.3 is 0 Å². The minimum Gasteiger partial charge on any atom is -0.544 e. The molecule has 0 fully saturated rings. The van der Waals surface area contributed by atoms with Gasteiger partial charge in [-0.05, 0) is 25.7 Å². The lowest BCUT2D eigenvalue weighted by Crippen LogP contribution is -2.55. The summed E-state index contributed by atoms with van der Waals surface area (Å²) in [4.78, 5) is 15.6. The van der Waals surface area contributed by atoms with Crippen molar-refractivity contribution in [2.24, 2.45) is 10.7 Å². The van der Waals surface area contributed by atoms with Crippen molar-refractivity contribution in [1.82, 2.24) is 0 Å². The molecule has 2 N–H and O–H groups in total. The first-order valence-corrected chi connectivity index (χ1v) is 12.3. The highest BCUT2D eigenvalue weighted by Gasteiger charge is 2.34. The molecule has 5 nitrogen and oxygen atoms in total. The van der Waals surface area contributed by atoms with Gasteiger partial charge < -0.3 is 15.6 Å². The van der Waals surface area contributed by atoms with Crippen LogP contribution in [0.2, 0.25) is 0 Å². The number of carbonyl (C=O) groups excluding carboxylic acids is 1. The fourth-order valence-corrected chi connectivity index (χ4v) is 4.22. The number of amidine groups is 1. The van der Waals surface area contributed by atoms with Gasteiger partial charge in [-0.25, -0.2) is 9.48 Å². The maximum absolute atomic E-state index is 11.1. The van der Waals surface area contributed by atoms with E-state index in [1.165, 1.54) is 77.0 Å². The first-order valence-electron chi connectivity index (χ1n) is 12.3. The van der Waals surface area contributed by atoms with Crippen molar-refractivity contribution in [2.45, 2.75) is 103 Å². The summed E-state index contributed by atoms with van der Waals surface area (Å²) in [6, 6.07) is 0. The molecule has 0 saturated carbocycles. The molecule has 0 spiro atoms. The van der Waals surface area contributed by atoms with E-state index in [4.69, 9.17) is 5.73 Å². The molecule has 0 amide bonds. The summed E-state index contributed by atoms with van der Waals surface area (Å²) in [6.45, 7) is 3.13. The third-order valence-electron chi connectivity index (χ3n) is 5.95. The number of carboxylic acid groups (broad SMARTS) is 1. The van der Waals surface area contributed by atoms with E-state index >= 15 is 0 Å². The van der Waals surface area contributed by atoms with E-state index in [0.717, 1.165) is 25.1 Å². The van der Waals surface area contributed by atoms with E-state index in [-0.39, 0.29) is 11.0 Å². The summed E-state index contributed by atoms with van der Waals surface area (Å²) >= 11 is 0. The largest absolute Gasteiger partial charge is 0.544 e. The van der Waals surface area contributed by atoms with Gasteiger partial charge in [0.2, 0.25) is 5.84 Å². The van der Waals surface area contributed by atoms with Crippen LogP contribution in [0.5, 0.6) is 0 Å². The third kappa shape index (κ3) is 11.7. The van der Waals surface area contributed by atoms with E-state index in [1.807, 2.05) is 6.20 Å². The second-order valence-electron chi connectivity index (χ2n) is 8.58. The Balaban J connectivity index is 1.97. The molecule has 0 saturated heterocycles. The Morgan fingerprint density at radius 1 is 0.967 bits per heavy atom. The Hall–Kier alpha value is -1.46. The average Bonchev–Trinajstić information content (AvgIpc) is 3.09. The first kappa shape index (κ1) is 26.6. The number of allylic oxidation sites excluding steroid dienone is 2. The molecule has 172 valence electrons. The Morgan fingerprint density at radius 2 is 1.53 bits per heavy atom. The molecular formula is C25H45N3O2. The Bertz CT molecular complexity index is 543. The van der Waals surface area contributed by atoms with Gasteiger partial charge in [-0.1, -0.05) is 83.3 Å². The number of aliphatic imine (C=N–C) groups is 1. The zero-order chi connectivity index (χ0) is 21.9. The summed E-state index contributed by atoms with van der Waals surface area (Å²) in [7, 11) is 0. The van der Waals surface area contributed by atoms with E-state index in [1.54, 1.807) is 6.20 Å². The van der Waals surface area contributed by atoms with Gasteiger partial charge in [0.1, 0.15) is 19.3 Å². The zero-order valence-electron chi connectivity index (χ0n) is 19.3. The van der Waals surface area contributed by atoms with E-state index in [9.17, 15) is 9.90 Å². The molecule has 30 heavy (non-hydrogen) atoms. The number of aliphatic carboxylic acids is 1. The van der Waals surface area contributed by atoms with Crippen molar-refractivity contribution in [3.63, 3.8) is 0 Å². The predicted molar refractivity (Wildman–Crippen MR) is 125 cm³/mol. The van der Waals surface area contributed by atoms with E-state index < -0.39 is 5.97 Å². The highest BCUT2D eigenvalue weighted by atomic mass is 16.4. The van der Waals surface area contributed by atoms with Crippen LogP contribution < -0.4 is 10.8 Å². The number of rotatable bonds is 20. The second kappa shape index (κ2) is 17.2. The molecule has 1 unspecified atom stereocenters. The Kier molecular flexibility index (Phi) is 15.3. The van der Waals surface area contributed by atoms with Crippen LogP contribution in [-0.2, 0) is 4.79 Å². The van der Waals surface area contributed by atoms with Gasteiger partial charge in [0.25, 0.3) is 0 Å². The summed E-state index contributed by atoms with van der Waals surface area (Å²) < 4.78 is 0.244. The van der Waals surface area contributed by atoms with Gasteiger partial charge in [0.15, 0.2) is 0 Å². The van der Waals surface area contributed by atoms with Crippen LogP contribution in [-0.4, -0.2) is 35.9 Å². The predicted octanol–water partition coefficient (Wildman–Crippen LogP) is 4.82. The summed E-state index contributed by atoms with van der Waals surface area (Å²) in [5.74, 6) is -0.127. The lowest BCUT2D eigenvalue weighted by molar-refractivity contribution is -0.780.